The van der Waals surface area contributed by atoms with Crippen molar-refractivity contribution >= 4 is 34.1 Å². The number of phenolic OH excluding ortho intramolecular Hbond substituents is 1. The van der Waals surface area contributed by atoms with Gasteiger partial charge in [0.25, 0.3) is 5.91 Å². The normalized spacial score (nSPS) is 10.9. The Bertz CT molecular complexity index is 852. The minimum Gasteiger partial charge on any atom is -0.502 e. The molecular formula is C13H9N5O4S. The van der Waals surface area contributed by atoms with Crippen molar-refractivity contribution in [2.75, 3.05) is 5.32 Å². The van der Waals surface area contributed by atoms with Crippen LogP contribution in [0.25, 0.3) is 6.08 Å². The molecule has 2 N–H and O–H groups in total. The largest absolute Gasteiger partial charge is 0.502 e. The van der Waals surface area contributed by atoms with Crippen molar-refractivity contribution in [2.24, 2.45) is 0 Å². The van der Waals surface area contributed by atoms with Crippen LogP contribution in [-0.2, 0) is 4.79 Å². The molecule has 0 spiro atoms. The Morgan fingerprint density at radius 1 is 1.52 bits per heavy atom. The highest BCUT2D eigenvalue weighted by molar-refractivity contribution is 7.15. The number of nitriles is 1. The van der Waals surface area contributed by atoms with Crippen molar-refractivity contribution in [2.45, 2.75) is 6.92 Å². The number of aromatic nitrogens is 2. The van der Waals surface area contributed by atoms with Gasteiger partial charge >= 0.3 is 5.69 Å². The lowest BCUT2D eigenvalue weighted by Gasteiger charge is -2.01. The number of phenols is 1. The van der Waals surface area contributed by atoms with Crippen molar-refractivity contribution in [3.8, 4) is 11.8 Å². The predicted octanol–water partition coefficient (Wildman–Crippen LogP) is 2.01. The summed E-state index contributed by atoms with van der Waals surface area (Å²) in [5.74, 6) is -1.21. The molecule has 0 aliphatic carbocycles. The number of nitrogens with one attached hydrogen (secondary N) is 1. The number of anilines is 1. The topological polar surface area (TPSA) is 142 Å². The first-order valence-electron chi connectivity index (χ1n) is 6.11. The molecule has 1 aromatic carbocycles. The molecule has 0 aliphatic rings. The fourth-order valence-corrected chi connectivity index (χ4v) is 2.19. The maximum Gasteiger partial charge on any atom is 0.311 e. The van der Waals surface area contributed by atoms with E-state index in [0.717, 1.165) is 23.5 Å². The fraction of sp³-hybridized carbons (Fsp3) is 0.0769. The Morgan fingerprint density at radius 3 is 2.83 bits per heavy atom. The molecule has 2 rings (SSSR count). The smallest absolute Gasteiger partial charge is 0.311 e. The molecule has 10 heteroatoms. The number of aromatic hydroxyl groups is 1. The minimum atomic E-state index is -0.761. The van der Waals surface area contributed by atoms with Gasteiger partial charge < -0.3 is 5.11 Å². The summed E-state index contributed by atoms with van der Waals surface area (Å²) in [6, 6.07) is 5.24. The lowest BCUT2D eigenvalue weighted by atomic mass is 10.1. The van der Waals surface area contributed by atoms with Crippen LogP contribution in [0.5, 0.6) is 5.75 Å². The predicted molar refractivity (Wildman–Crippen MR) is 81.6 cm³/mol. The van der Waals surface area contributed by atoms with Crippen molar-refractivity contribution < 1.29 is 14.8 Å². The molecule has 1 amide bonds. The second kappa shape index (κ2) is 6.63. The number of nitrogens with zero attached hydrogens (tertiary/aromatic N) is 4. The Hall–Kier alpha value is -3.32. The molecule has 0 bridgehead atoms. The van der Waals surface area contributed by atoms with Crippen molar-refractivity contribution in [1.82, 2.24) is 10.2 Å². The molecule has 1 heterocycles. The van der Waals surface area contributed by atoms with Gasteiger partial charge in [-0.3, -0.25) is 20.2 Å². The van der Waals surface area contributed by atoms with Gasteiger partial charge in [-0.1, -0.05) is 17.4 Å². The summed E-state index contributed by atoms with van der Waals surface area (Å²) in [5.41, 5.74) is -0.552. The van der Waals surface area contributed by atoms with E-state index in [4.69, 9.17) is 5.26 Å². The second-order valence-electron chi connectivity index (χ2n) is 4.26. The van der Waals surface area contributed by atoms with E-state index in [1.807, 2.05) is 0 Å². The first kappa shape index (κ1) is 16.1. The van der Waals surface area contributed by atoms with Crippen LogP contribution in [0.2, 0.25) is 0 Å². The van der Waals surface area contributed by atoms with Crippen LogP contribution in [0.15, 0.2) is 23.8 Å². The van der Waals surface area contributed by atoms with E-state index in [-0.39, 0.29) is 16.3 Å². The van der Waals surface area contributed by atoms with Gasteiger partial charge in [0.15, 0.2) is 5.75 Å². The van der Waals surface area contributed by atoms with Gasteiger partial charge in [0.2, 0.25) is 5.13 Å². The van der Waals surface area contributed by atoms with E-state index in [9.17, 15) is 20.0 Å². The minimum absolute atomic E-state index is 0.231. The van der Waals surface area contributed by atoms with E-state index in [1.165, 1.54) is 12.1 Å². The highest BCUT2D eigenvalue weighted by Gasteiger charge is 2.15. The summed E-state index contributed by atoms with van der Waals surface area (Å²) < 4.78 is 0. The number of benzene rings is 1. The van der Waals surface area contributed by atoms with Crippen LogP contribution in [0.1, 0.15) is 10.6 Å². The van der Waals surface area contributed by atoms with Gasteiger partial charge in [-0.05, 0) is 24.6 Å². The number of nitro benzene ring substituents is 1. The standard InChI is InChI=1S/C13H9N5O4S/c1-7-16-17-13(23-7)15-12(20)9(6-14)4-8-2-3-11(19)10(5-8)18(21)22/h2-5,19H,1H3,(H,15,17,20)/b9-4+. The molecule has 1 aromatic heterocycles. The quantitative estimate of drug-likeness (QED) is 0.377. The molecule has 0 unspecified atom stereocenters. The summed E-state index contributed by atoms with van der Waals surface area (Å²) in [5, 5.41) is 40.0. The number of hydrogen-bond donors (Lipinski definition) is 2. The summed E-state index contributed by atoms with van der Waals surface area (Å²) >= 11 is 1.15. The number of carbonyl (C=O) groups excluding carboxylic acids is 1. The van der Waals surface area contributed by atoms with E-state index in [2.05, 4.69) is 15.5 Å². The van der Waals surface area contributed by atoms with Gasteiger partial charge in [0.05, 0.1) is 4.92 Å². The van der Waals surface area contributed by atoms with Crippen LogP contribution in [0, 0.1) is 28.4 Å². The van der Waals surface area contributed by atoms with Crippen LogP contribution in [0.3, 0.4) is 0 Å². The zero-order valence-electron chi connectivity index (χ0n) is 11.7. The highest BCUT2D eigenvalue weighted by Crippen LogP contribution is 2.27. The molecule has 116 valence electrons. The molecule has 0 saturated carbocycles. The van der Waals surface area contributed by atoms with E-state index in [0.29, 0.717) is 5.01 Å². The van der Waals surface area contributed by atoms with E-state index >= 15 is 0 Å². The second-order valence-corrected chi connectivity index (χ2v) is 5.44. The number of carbonyl (C=O) groups is 1. The van der Waals surface area contributed by atoms with Crippen molar-refractivity contribution in [3.63, 3.8) is 0 Å². The maximum absolute atomic E-state index is 12.0. The molecule has 0 aliphatic heterocycles. The fourth-order valence-electron chi connectivity index (χ4n) is 1.60. The molecule has 9 nitrogen and oxygen atoms in total. The Kier molecular flexibility index (Phi) is 4.63. The first-order valence-corrected chi connectivity index (χ1v) is 6.93. The molecule has 2 aromatic rings. The third kappa shape index (κ3) is 3.86. The van der Waals surface area contributed by atoms with Gasteiger partial charge in [-0.15, -0.1) is 10.2 Å². The molecule has 0 atom stereocenters. The number of hydrogen-bond acceptors (Lipinski definition) is 8. The van der Waals surface area contributed by atoms with Gasteiger partial charge in [-0.2, -0.15) is 5.26 Å². The number of rotatable bonds is 4. The third-order valence-corrected chi connectivity index (χ3v) is 3.37. The maximum atomic E-state index is 12.0. The van der Waals surface area contributed by atoms with Crippen LogP contribution >= 0.6 is 11.3 Å². The summed E-state index contributed by atoms with van der Waals surface area (Å²) in [7, 11) is 0. The molecule has 0 radical (unpaired) electrons. The lowest BCUT2D eigenvalue weighted by molar-refractivity contribution is -0.385. The summed E-state index contributed by atoms with van der Waals surface area (Å²) in [4.78, 5) is 22.0. The molecule has 23 heavy (non-hydrogen) atoms. The monoisotopic (exact) mass is 331 g/mol. The summed E-state index contributed by atoms with van der Waals surface area (Å²) in [6.45, 7) is 1.71. The number of aryl methyl sites for hydroxylation is 1. The SMILES string of the molecule is Cc1nnc(NC(=O)/C(C#N)=C/c2ccc(O)c([N+](=O)[O-])c2)s1. The van der Waals surface area contributed by atoms with Gasteiger partial charge in [-0.25, -0.2) is 0 Å². The Balaban J connectivity index is 2.28. The van der Waals surface area contributed by atoms with Crippen molar-refractivity contribution in [1.29, 1.82) is 5.26 Å². The molecular weight excluding hydrogens is 322 g/mol. The zero-order chi connectivity index (χ0) is 17.0. The average Bonchev–Trinajstić information content (AvgIpc) is 2.91. The van der Waals surface area contributed by atoms with E-state index in [1.54, 1.807) is 13.0 Å². The summed E-state index contributed by atoms with van der Waals surface area (Å²) in [6.07, 6.45) is 1.18. The molecule has 0 fully saturated rings. The highest BCUT2D eigenvalue weighted by atomic mass is 32.1. The van der Waals surface area contributed by atoms with Gasteiger partial charge in [0, 0.05) is 6.07 Å². The Morgan fingerprint density at radius 2 is 2.26 bits per heavy atom. The van der Waals surface area contributed by atoms with Crippen LogP contribution in [0.4, 0.5) is 10.8 Å². The van der Waals surface area contributed by atoms with Gasteiger partial charge in [0.1, 0.15) is 16.6 Å². The van der Waals surface area contributed by atoms with E-state index < -0.39 is 22.3 Å². The van der Waals surface area contributed by atoms with Crippen molar-refractivity contribution in [3.05, 3.63) is 44.5 Å². The van der Waals surface area contributed by atoms with Crippen LogP contribution < -0.4 is 5.32 Å². The lowest BCUT2D eigenvalue weighted by Crippen LogP contribution is -2.13. The zero-order valence-corrected chi connectivity index (χ0v) is 12.5. The average molecular weight is 331 g/mol. The Labute approximate surface area is 133 Å². The van der Waals surface area contributed by atoms with Crippen LogP contribution in [-0.4, -0.2) is 26.1 Å². The number of nitro groups is 1. The number of amides is 1. The molecule has 0 saturated heterocycles. The first-order chi connectivity index (χ1) is 10.9. The third-order valence-electron chi connectivity index (χ3n) is 2.62.